The zero-order chi connectivity index (χ0) is 21.6. The Morgan fingerprint density at radius 1 is 1.07 bits per heavy atom. The number of aromatic nitrogens is 2. The van der Waals surface area contributed by atoms with Crippen molar-refractivity contribution in [2.24, 2.45) is 0 Å². The highest BCUT2D eigenvalue weighted by Crippen LogP contribution is 2.21. The van der Waals surface area contributed by atoms with Crippen molar-refractivity contribution in [3.05, 3.63) is 70.8 Å². The Bertz CT molecular complexity index is 1120. The first-order chi connectivity index (χ1) is 14.4. The Morgan fingerprint density at radius 2 is 1.83 bits per heavy atom. The molecule has 0 spiro atoms. The fourth-order valence-electron chi connectivity index (χ4n) is 2.49. The van der Waals surface area contributed by atoms with Crippen LogP contribution in [-0.4, -0.2) is 43.8 Å². The molecule has 0 aliphatic rings. The van der Waals surface area contributed by atoms with Crippen LogP contribution in [0.1, 0.15) is 0 Å². The minimum absolute atomic E-state index is 0.00468. The van der Waals surface area contributed by atoms with E-state index in [0.29, 0.717) is 5.69 Å². The number of hydrogen-bond donors (Lipinski definition) is 1. The standard InChI is InChI=1S/C19H18N4O6S/c1-28-16-7-5-14(6-8-16)18-9-10-19(22-21-18)29-12-11-20-30(26,27)17-4-2-3-15(13-17)23(24)25/h2-10,13,20H,11-12H2,1H3. The van der Waals surface area contributed by atoms with E-state index in [1.54, 1.807) is 19.2 Å². The molecule has 3 rings (SSSR count). The molecule has 0 fully saturated rings. The lowest BCUT2D eigenvalue weighted by Crippen LogP contribution is -2.28. The number of ether oxygens (including phenoxy) is 2. The largest absolute Gasteiger partial charge is 0.497 e. The molecule has 11 heteroatoms. The van der Waals surface area contributed by atoms with Crippen LogP contribution >= 0.6 is 0 Å². The Kier molecular flexibility index (Phi) is 6.54. The van der Waals surface area contributed by atoms with Crippen molar-refractivity contribution in [2.45, 2.75) is 4.90 Å². The molecule has 0 aliphatic heterocycles. The summed E-state index contributed by atoms with van der Waals surface area (Å²) in [6, 6.07) is 15.5. The minimum atomic E-state index is -3.90. The van der Waals surface area contributed by atoms with Gasteiger partial charge in [0.2, 0.25) is 15.9 Å². The number of methoxy groups -OCH3 is 1. The number of hydrogen-bond acceptors (Lipinski definition) is 8. The average Bonchev–Trinajstić information content (AvgIpc) is 2.77. The number of nitro benzene ring substituents is 1. The minimum Gasteiger partial charge on any atom is -0.497 e. The zero-order valence-electron chi connectivity index (χ0n) is 15.9. The van der Waals surface area contributed by atoms with Gasteiger partial charge in [-0.1, -0.05) is 6.07 Å². The molecule has 0 amide bonds. The topological polar surface area (TPSA) is 134 Å². The lowest BCUT2D eigenvalue weighted by Gasteiger charge is -2.08. The van der Waals surface area contributed by atoms with Gasteiger partial charge in [0.05, 0.1) is 22.6 Å². The SMILES string of the molecule is COc1ccc(-c2ccc(OCCNS(=O)(=O)c3cccc([N+](=O)[O-])c3)nn2)cc1. The molecule has 0 saturated heterocycles. The number of rotatable bonds is 9. The van der Waals surface area contributed by atoms with E-state index in [4.69, 9.17) is 9.47 Å². The molecule has 1 N–H and O–H groups in total. The predicted octanol–water partition coefficient (Wildman–Crippen LogP) is 2.42. The van der Waals surface area contributed by atoms with Crippen LogP contribution in [0.15, 0.2) is 65.6 Å². The summed E-state index contributed by atoms with van der Waals surface area (Å²) in [4.78, 5) is 9.94. The van der Waals surface area contributed by atoms with Gasteiger partial charge >= 0.3 is 0 Å². The van der Waals surface area contributed by atoms with Gasteiger partial charge in [-0.25, -0.2) is 13.1 Å². The number of nitrogens with zero attached hydrogens (tertiary/aromatic N) is 3. The monoisotopic (exact) mass is 430 g/mol. The first-order valence-electron chi connectivity index (χ1n) is 8.74. The van der Waals surface area contributed by atoms with Gasteiger partial charge in [-0.15, -0.1) is 10.2 Å². The predicted molar refractivity (Wildman–Crippen MR) is 108 cm³/mol. The molecule has 0 atom stereocenters. The summed E-state index contributed by atoms with van der Waals surface area (Å²) in [5, 5.41) is 18.8. The lowest BCUT2D eigenvalue weighted by molar-refractivity contribution is -0.385. The summed E-state index contributed by atoms with van der Waals surface area (Å²) in [7, 11) is -2.31. The van der Waals surface area contributed by atoms with E-state index in [1.165, 1.54) is 18.2 Å². The zero-order valence-corrected chi connectivity index (χ0v) is 16.7. The molecule has 1 heterocycles. The second-order valence-electron chi connectivity index (χ2n) is 5.99. The summed E-state index contributed by atoms with van der Waals surface area (Å²) in [5.41, 5.74) is 1.21. The summed E-state index contributed by atoms with van der Waals surface area (Å²) in [5.74, 6) is 0.973. The molecule has 0 bridgehead atoms. The Labute approximate surface area is 172 Å². The highest BCUT2D eigenvalue weighted by molar-refractivity contribution is 7.89. The molecule has 0 saturated carbocycles. The Hall–Kier alpha value is -3.57. The third-order valence-electron chi connectivity index (χ3n) is 4.01. The van der Waals surface area contributed by atoms with Crippen LogP contribution in [0.5, 0.6) is 11.6 Å². The number of nitro groups is 1. The number of non-ortho nitro benzene ring substituents is 1. The van der Waals surface area contributed by atoms with Crippen LogP contribution in [-0.2, 0) is 10.0 Å². The van der Waals surface area contributed by atoms with Gasteiger partial charge in [0, 0.05) is 30.3 Å². The van der Waals surface area contributed by atoms with Gasteiger partial charge in [0.15, 0.2) is 0 Å². The van der Waals surface area contributed by atoms with Crippen LogP contribution < -0.4 is 14.2 Å². The maximum absolute atomic E-state index is 12.2. The van der Waals surface area contributed by atoms with Gasteiger partial charge in [-0.05, 0) is 36.4 Å². The Balaban J connectivity index is 1.53. The van der Waals surface area contributed by atoms with Crippen molar-refractivity contribution in [1.29, 1.82) is 0 Å². The van der Waals surface area contributed by atoms with E-state index >= 15 is 0 Å². The average molecular weight is 430 g/mol. The highest BCUT2D eigenvalue weighted by atomic mass is 32.2. The van der Waals surface area contributed by atoms with Crippen molar-refractivity contribution >= 4 is 15.7 Å². The van der Waals surface area contributed by atoms with Gasteiger partial charge < -0.3 is 9.47 Å². The first kappa shape index (κ1) is 21.1. The summed E-state index contributed by atoms with van der Waals surface area (Å²) >= 11 is 0. The fourth-order valence-corrected chi connectivity index (χ4v) is 3.54. The van der Waals surface area contributed by atoms with Crippen molar-refractivity contribution in [3.63, 3.8) is 0 Å². The lowest BCUT2D eigenvalue weighted by atomic mass is 10.1. The maximum atomic E-state index is 12.2. The van der Waals surface area contributed by atoms with Crippen molar-refractivity contribution in [2.75, 3.05) is 20.3 Å². The molecular formula is C19H18N4O6S. The van der Waals surface area contributed by atoms with Gasteiger partial charge in [-0.2, -0.15) is 0 Å². The number of sulfonamides is 1. The fraction of sp³-hybridized carbons (Fsp3) is 0.158. The van der Waals surface area contributed by atoms with E-state index in [-0.39, 0.29) is 29.6 Å². The quantitative estimate of drug-likeness (QED) is 0.311. The number of benzene rings is 2. The van der Waals surface area contributed by atoms with Crippen LogP contribution in [0.3, 0.4) is 0 Å². The van der Waals surface area contributed by atoms with Gasteiger partial charge in [0.1, 0.15) is 12.4 Å². The van der Waals surface area contributed by atoms with Crippen molar-refractivity contribution < 1.29 is 22.8 Å². The van der Waals surface area contributed by atoms with Crippen molar-refractivity contribution in [1.82, 2.24) is 14.9 Å². The smallest absolute Gasteiger partial charge is 0.270 e. The normalized spacial score (nSPS) is 11.1. The second kappa shape index (κ2) is 9.29. The number of nitrogens with one attached hydrogen (secondary N) is 1. The van der Waals surface area contributed by atoms with Crippen LogP contribution in [0, 0.1) is 10.1 Å². The molecule has 156 valence electrons. The second-order valence-corrected chi connectivity index (χ2v) is 7.75. The van der Waals surface area contributed by atoms with E-state index in [0.717, 1.165) is 17.4 Å². The van der Waals surface area contributed by atoms with Crippen LogP contribution in [0.2, 0.25) is 0 Å². The van der Waals surface area contributed by atoms with E-state index < -0.39 is 14.9 Å². The first-order valence-corrected chi connectivity index (χ1v) is 10.2. The molecule has 0 aliphatic carbocycles. The maximum Gasteiger partial charge on any atom is 0.270 e. The summed E-state index contributed by atoms with van der Waals surface area (Å²) in [6.45, 7) is -0.0440. The Morgan fingerprint density at radius 3 is 2.47 bits per heavy atom. The van der Waals surface area contributed by atoms with E-state index in [1.807, 2.05) is 24.3 Å². The molecule has 1 aromatic heterocycles. The molecule has 2 aromatic carbocycles. The molecular weight excluding hydrogens is 412 g/mol. The van der Waals surface area contributed by atoms with Crippen LogP contribution in [0.4, 0.5) is 5.69 Å². The third-order valence-corrected chi connectivity index (χ3v) is 5.47. The molecule has 0 unspecified atom stereocenters. The molecule has 30 heavy (non-hydrogen) atoms. The van der Waals surface area contributed by atoms with E-state index in [2.05, 4.69) is 14.9 Å². The molecule has 0 radical (unpaired) electrons. The van der Waals surface area contributed by atoms with Crippen molar-refractivity contribution in [3.8, 4) is 22.9 Å². The molecule has 3 aromatic rings. The van der Waals surface area contributed by atoms with Crippen LogP contribution in [0.25, 0.3) is 11.3 Å². The van der Waals surface area contributed by atoms with E-state index in [9.17, 15) is 18.5 Å². The van der Waals surface area contributed by atoms with Gasteiger partial charge in [-0.3, -0.25) is 10.1 Å². The summed E-state index contributed by atoms with van der Waals surface area (Å²) in [6.07, 6.45) is 0. The highest BCUT2D eigenvalue weighted by Gasteiger charge is 2.17. The molecule has 10 nitrogen and oxygen atoms in total. The summed E-state index contributed by atoms with van der Waals surface area (Å²) < 4.78 is 37.3. The third kappa shape index (κ3) is 5.27. The van der Waals surface area contributed by atoms with Gasteiger partial charge in [0.25, 0.3) is 5.69 Å².